The molecule has 1 N–H and O–H groups in total. The lowest BCUT2D eigenvalue weighted by Crippen LogP contribution is -2.37. The number of rotatable bonds is 7. The Balaban J connectivity index is 1.94. The van der Waals surface area contributed by atoms with Crippen molar-refractivity contribution in [2.75, 3.05) is 21.3 Å². The van der Waals surface area contributed by atoms with Gasteiger partial charge in [-0.25, -0.2) is 16.8 Å². The maximum Gasteiger partial charge on any atom is 0.270 e. The Morgan fingerprint density at radius 2 is 1.87 bits per heavy atom. The van der Waals surface area contributed by atoms with E-state index in [0.717, 1.165) is 11.6 Å². The Bertz CT molecular complexity index is 1190. The molecule has 0 atom stereocenters. The number of nitrogens with one attached hydrogen (secondary N) is 1. The molecule has 0 unspecified atom stereocenters. The van der Waals surface area contributed by atoms with Gasteiger partial charge < -0.3 is 0 Å². The summed E-state index contributed by atoms with van der Waals surface area (Å²) in [6.45, 7) is 3.76. The molecule has 1 aliphatic heterocycles. The number of fused-ring (bicyclic) bond motifs is 1. The highest BCUT2D eigenvalue weighted by molar-refractivity contribution is 7.93. The Kier molecular flexibility index (Phi) is 6.04. The topological polar surface area (TPSA) is 127 Å². The standard InChI is InChI=1S/C19H23N3O6S2/c1-3-11-29(25,26)21-10-4-5-15-12-16(7-9-18(15)21)20-30(27,28)19-13-17(22(23)24)8-6-14(19)2/h6-9,12-13,20H,3-5,10-11H2,1-2H3. The first-order valence-corrected chi connectivity index (χ1v) is 12.6. The molecule has 0 radical (unpaired) electrons. The summed E-state index contributed by atoms with van der Waals surface area (Å²) in [5, 5.41) is 11.0. The van der Waals surface area contributed by atoms with Gasteiger partial charge in [-0.2, -0.15) is 0 Å². The van der Waals surface area contributed by atoms with Crippen LogP contribution in [0.5, 0.6) is 0 Å². The first-order chi connectivity index (χ1) is 14.0. The lowest BCUT2D eigenvalue weighted by Gasteiger charge is -2.30. The highest BCUT2D eigenvalue weighted by Crippen LogP contribution is 2.33. The largest absolute Gasteiger partial charge is 0.280 e. The molecule has 162 valence electrons. The Morgan fingerprint density at radius 1 is 1.13 bits per heavy atom. The van der Waals surface area contributed by atoms with Crippen LogP contribution < -0.4 is 9.03 Å². The molecular weight excluding hydrogens is 430 g/mol. The van der Waals surface area contributed by atoms with Gasteiger partial charge in [0.25, 0.3) is 15.7 Å². The van der Waals surface area contributed by atoms with Crippen molar-refractivity contribution in [3.05, 3.63) is 57.6 Å². The molecule has 0 amide bonds. The summed E-state index contributed by atoms with van der Waals surface area (Å²) in [5.41, 5.74) is 1.63. The first-order valence-electron chi connectivity index (χ1n) is 9.46. The number of non-ortho nitro benzene ring substituents is 1. The zero-order chi connectivity index (χ0) is 22.1. The molecule has 0 spiro atoms. The zero-order valence-electron chi connectivity index (χ0n) is 16.7. The van der Waals surface area contributed by atoms with Gasteiger partial charge in [-0.3, -0.25) is 19.1 Å². The number of benzene rings is 2. The number of hydrogen-bond donors (Lipinski definition) is 1. The van der Waals surface area contributed by atoms with Gasteiger partial charge in [0, 0.05) is 24.4 Å². The maximum atomic E-state index is 12.8. The lowest BCUT2D eigenvalue weighted by atomic mass is 10.0. The van der Waals surface area contributed by atoms with Crippen molar-refractivity contribution in [3.8, 4) is 0 Å². The van der Waals surface area contributed by atoms with Crippen molar-refractivity contribution in [3.63, 3.8) is 0 Å². The molecule has 0 aliphatic carbocycles. The van der Waals surface area contributed by atoms with Crippen LogP contribution >= 0.6 is 0 Å². The van der Waals surface area contributed by atoms with Crippen molar-refractivity contribution in [1.82, 2.24) is 0 Å². The average Bonchev–Trinajstić information content (AvgIpc) is 2.67. The van der Waals surface area contributed by atoms with Crippen LogP contribution in [-0.2, 0) is 26.5 Å². The molecule has 1 aliphatic rings. The molecule has 3 rings (SSSR count). The third kappa shape index (κ3) is 4.41. The van der Waals surface area contributed by atoms with E-state index in [1.807, 2.05) is 0 Å². The van der Waals surface area contributed by atoms with E-state index in [9.17, 15) is 26.9 Å². The minimum absolute atomic E-state index is 0.0485. The summed E-state index contributed by atoms with van der Waals surface area (Å²) in [6, 6.07) is 8.37. The van der Waals surface area contributed by atoms with Gasteiger partial charge in [0.2, 0.25) is 10.0 Å². The molecule has 2 aromatic carbocycles. The Hall–Kier alpha value is -2.66. The number of hydrogen-bond acceptors (Lipinski definition) is 6. The smallest absolute Gasteiger partial charge is 0.270 e. The van der Waals surface area contributed by atoms with Gasteiger partial charge in [0.05, 0.1) is 21.3 Å². The number of nitro groups is 1. The lowest BCUT2D eigenvalue weighted by molar-refractivity contribution is -0.385. The zero-order valence-corrected chi connectivity index (χ0v) is 18.3. The second-order valence-electron chi connectivity index (χ2n) is 7.15. The molecule has 0 aromatic heterocycles. The SMILES string of the molecule is CCCS(=O)(=O)N1CCCc2cc(NS(=O)(=O)c3cc([N+](=O)[O-])ccc3C)ccc21. The van der Waals surface area contributed by atoms with Gasteiger partial charge in [-0.1, -0.05) is 13.0 Å². The van der Waals surface area contributed by atoms with E-state index in [1.54, 1.807) is 26.0 Å². The molecule has 9 nitrogen and oxygen atoms in total. The fourth-order valence-electron chi connectivity index (χ4n) is 3.49. The molecule has 11 heteroatoms. The first kappa shape index (κ1) is 22.0. The number of nitro benzene ring substituents is 1. The minimum Gasteiger partial charge on any atom is -0.280 e. The predicted octanol–water partition coefficient (Wildman–Crippen LogP) is 3.20. The van der Waals surface area contributed by atoms with E-state index in [-0.39, 0.29) is 22.0 Å². The molecule has 30 heavy (non-hydrogen) atoms. The monoisotopic (exact) mass is 453 g/mol. The maximum absolute atomic E-state index is 12.8. The third-order valence-corrected chi connectivity index (χ3v) is 8.38. The highest BCUT2D eigenvalue weighted by Gasteiger charge is 2.27. The summed E-state index contributed by atoms with van der Waals surface area (Å²) in [7, 11) is -7.49. The van der Waals surface area contributed by atoms with E-state index in [4.69, 9.17) is 0 Å². The molecule has 0 fully saturated rings. The molecule has 0 bridgehead atoms. The minimum atomic E-state index is -4.06. The summed E-state index contributed by atoms with van der Waals surface area (Å²) >= 11 is 0. The number of nitrogens with zero attached hydrogens (tertiary/aromatic N) is 2. The van der Waals surface area contributed by atoms with E-state index in [1.165, 1.54) is 22.5 Å². The quantitative estimate of drug-likeness (QED) is 0.507. The predicted molar refractivity (Wildman–Crippen MR) is 115 cm³/mol. The van der Waals surface area contributed by atoms with Gasteiger partial charge in [0.15, 0.2) is 0 Å². The van der Waals surface area contributed by atoms with Crippen molar-refractivity contribution in [1.29, 1.82) is 0 Å². The average molecular weight is 454 g/mol. The van der Waals surface area contributed by atoms with E-state index in [0.29, 0.717) is 37.1 Å². The van der Waals surface area contributed by atoms with Crippen LogP contribution in [0, 0.1) is 17.0 Å². The summed E-state index contributed by atoms with van der Waals surface area (Å²) in [5.74, 6) is 0.0485. The van der Waals surface area contributed by atoms with E-state index in [2.05, 4.69) is 4.72 Å². The van der Waals surface area contributed by atoms with Gasteiger partial charge in [-0.05, 0) is 55.5 Å². The van der Waals surface area contributed by atoms with Crippen molar-refractivity contribution in [2.45, 2.75) is 38.0 Å². The van der Waals surface area contributed by atoms with Gasteiger partial charge >= 0.3 is 0 Å². The van der Waals surface area contributed by atoms with Crippen molar-refractivity contribution >= 4 is 37.1 Å². The van der Waals surface area contributed by atoms with Crippen LogP contribution in [0.4, 0.5) is 17.1 Å². The number of anilines is 2. The fourth-order valence-corrected chi connectivity index (χ4v) is 6.42. The summed E-state index contributed by atoms with van der Waals surface area (Å²) in [6.07, 6.45) is 1.77. The highest BCUT2D eigenvalue weighted by atomic mass is 32.2. The third-order valence-electron chi connectivity index (χ3n) is 4.88. The molecule has 1 heterocycles. The van der Waals surface area contributed by atoms with Gasteiger partial charge in [0.1, 0.15) is 0 Å². The molecule has 2 aromatic rings. The van der Waals surface area contributed by atoms with E-state index >= 15 is 0 Å². The second-order valence-corrected chi connectivity index (χ2v) is 10.8. The molecule has 0 saturated carbocycles. The van der Waals surface area contributed by atoms with E-state index < -0.39 is 25.0 Å². The number of aryl methyl sites for hydroxylation is 2. The van der Waals surface area contributed by atoms with Crippen LogP contribution in [-0.4, -0.2) is 34.1 Å². The summed E-state index contributed by atoms with van der Waals surface area (Å²) in [4.78, 5) is 10.2. The number of sulfonamides is 2. The molecular formula is C19H23N3O6S2. The summed E-state index contributed by atoms with van der Waals surface area (Å²) < 4.78 is 54.6. The van der Waals surface area contributed by atoms with Crippen LogP contribution in [0.2, 0.25) is 0 Å². The van der Waals surface area contributed by atoms with Crippen molar-refractivity contribution < 1.29 is 21.8 Å². The van der Waals surface area contributed by atoms with Gasteiger partial charge in [-0.15, -0.1) is 0 Å². The fraction of sp³-hybridized carbons (Fsp3) is 0.368. The Morgan fingerprint density at radius 3 is 2.53 bits per heavy atom. The Labute approximate surface area is 176 Å². The van der Waals surface area contributed by atoms with Crippen LogP contribution in [0.25, 0.3) is 0 Å². The second kappa shape index (κ2) is 8.23. The normalized spacial score (nSPS) is 14.3. The van der Waals surface area contributed by atoms with Crippen LogP contribution in [0.1, 0.15) is 30.9 Å². The van der Waals surface area contributed by atoms with Crippen LogP contribution in [0.3, 0.4) is 0 Å². The van der Waals surface area contributed by atoms with Crippen molar-refractivity contribution in [2.24, 2.45) is 0 Å². The van der Waals surface area contributed by atoms with Crippen LogP contribution in [0.15, 0.2) is 41.3 Å². The molecule has 0 saturated heterocycles.